The van der Waals surface area contributed by atoms with Gasteiger partial charge >= 0.3 is 0 Å². The van der Waals surface area contributed by atoms with Crippen molar-refractivity contribution in [2.24, 2.45) is 5.92 Å². The van der Waals surface area contributed by atoms with Crippen molar-refractivity contribution < 1.29 is 9.53 Å². The van der Waals surface area contributed by atoms with Crippen LogP contribution in [0.4, 0.5) is 5.69 Å². The summed E-state index contributed by atoms with van der Waals surface area (Å²) in [6, 6.07) is 5.87. The lowest BCUT2D eigenvalue weighted by molar-refractivity contribution is -0.117. The summed E-state index contributed by atoms with van der Waals surface area (Å²) in [6.07, 6.45) is 8.21. The molecule has 1 aromatic rings. The molecule has 0 bridgehead atoms. The molecule has 2 atom stereocenters. The Morgan fingerprint density at radius 3 is 2.74 bits per heavy atom. The Balaban J connectivity index is 1.94. The van der Waals surface area contributed by atoms with Gasteiger partial charge in [-0.15, -0.1) is 0 Å². The number of rotatable bonds is 5. The molecule has 1 aliphatic carbocycles. The highest BCUT2D eigenvalue weighted by atomic mass is 16.5. The summed E-state index contributed by atoms with van der Waals surface area (Å²) in [6.45, 7) is 6.13. The fraction of sp³-hybridized carbons (Fsp3) is 0.526. The van der Waals surface area contributed by atoms with Gasteiger partial charge in [0.15, 0.2) is 0 Å². The van der Waals surface area contributed by atoms with Crippen LogP contribution in [0.5, 0.6) is 5.75 Å². The Kier molecular flexibility index (Phi) is 6.08. The molecule has 2 rings (SSSR count). The van der Waals surface area contributed by atoms with Gasteiger partial charge in [-0.1, -0.05) is 25.8 Å². The molecular weight excluding hydrogens is 288 g/mol. The maximum absolute atomic E-state index is 12.1. The van der Waals surface area contributed by atoms with E-state index in [1.54, 1.807) is 12.2 Å². The Morgan fingerprint density at radius 2 is 2.09 bits per heavy atom. The number of carbonyl (C=O) groups is 1. The van der Waals surface area contributed by atoms with Gasteiger partial charge < -0.3 is 15.8 Å². The first kappa shape index (κ1) is 17.4. The first-order valence-electron chi connectivity index (χ1n) is 8.50. The summed E-state index contributed by atoms with van der Waals surface area (Å²) >= 11 is 0. The Bertz CT molecular complexity index is 566. The van der Waals surface area contributed by atoms with Crippen LogP contribution in [0, 0.1) is 5.92 Å². The predicted octanol–water partition coefficient (Wildman–Crippen LogP) is 3.76. The molecule has 0 radical (unpaired) electrons. The summed E-state index contributed by atoms with van der Waals surface area (Å²) in [5.41, 5.74) is 7.46. The van der Waals surface area contributed by atoms with Crippen LogP contribution < -0.4 is 15.8 Å². The molecule has 4 heteroatoms. The van der Waals surface area contributed by atoms with E-state index in [-0.39, 0.29) is 12.0 Å². The van der Waals surface area contributed by atoms with E-state index in [1.165, 1.54) is 19.3 Å². The second-order valence-corrected chi connectivity index (χ2v) is 6.67. The monoisotopic (exact) mass is 316 g/mol. The third kappa shape index (κ3) is 5.31. The van der Waals surface area contributed by atoms with E-state index in [0.717, 1.165) is 12.0 Å². The fourth-order valence-electron chi connectivity index (χ4n) is 2.97. The molecular formula is C19H28N2O2. The minimum Gasteiger partial charge on any atom is -0.489 e. The zero-order valence-electron chi connectivity index (χ0n) is 14.3. The number of hydrogen-bond acceptors (Lipinski definition) is 3. The van der Waals surface area contributed by atoms with E-state index in [4.69, 9.17) is 10.5 Å². The van der Waals surface area contributed by atoms with Gasteiger partial charge in [0.25, 0.3) is 0 Å². The van der Waals surface area contributed by atoms with Crippen molar-refractivity contribution in [3.8, 4) is 5.75 Å². The van der Waals surface area contributed by atoms with Gasteiger partial charge in [-0.3, -0.25) is 4.79 Å². The summed E-state index contributed by atoms with van der Waals surface area (Å²) in [5.74, 6) is 1.20. The molecule has 126 valence electrons. The van der Waals surface area contributed by atoms with Crippen molar-refractivity contribution in [2.75, 3.05) is 5.73 Å². The standard InChI is InChI=1S/C19H28N2O2/c1-13(2)23-18-10-8-15(12-16(18)20)9-11-19(22)21-17-7-5-4-6-14(17)3/h8-14,17H,4-7,20H2,1-3H3,(H,21,22)/b11-9-. The lowest BCUT2D eigenvalue weighted by atomic mass is 9.86. The highest BCUT2D eigenvalue weighted by molar-refractivity contribution is 5.92. The highest BCUT2D eigenvalue weighted by Crippen LogP contribution is 2.25. The van der Waals surface area contributed by atoms with Crippen molar-refractivity contribution >= 4 is 17.7 Å². The van der Waals surface area contributed by atoms with E-state index in [1.807, 2.05) is 32.0 Å². The minimum absolute atomic E-state index is 0.0372. The minimum atomic E-state index is -0.0372. The van der Waals surface area contributed by atoms with E-state index in [2.05, 4.69) is 12.2 Å². The summed E-state index contributed by atoms with van der Waals surface area (Å²) in [4.78, 5) is 12.1. The number of benzene rings is 1. The van der Waals surface area contributed by atoms with Crippen LogP contribution in [0.2, 0.25) is 0 Å². The molecule has 4 nitrogen and oxygen atoms in total. The number of nitrogens with two attached hydrogens (primary N) is 1. The first-order valence-corrected chi connectivity index (χ1v) is 8.50. The Hall–Kier alpha value is -1.97. The SMILES string of the molecule is CC(C)Oc1ccc(/C=C\C(=O)NC2CCCCC2C)cc1N. The second-order valence-electron chi connectivity index (χ2n) is 6.67. The van der Waals surface area contributed by atoms with Gasteiger partial charge in [0.2, 0.25) is 5.91 Å². The molecule has 1 aromatic carbocycles. The van der Waals surface area contributed by atoms with Crippen molar-refractivity contribution in [3.63, 3.8) is 0 Å². The Morgan fingerprint density at radius 1 is 1.35 bits per heavy atom. The number of hydrogen-bond donors (Lipinski definition) is 2. The van der Waals surface area contributed by atoms with Crippen LogP contribution in [0.15, 0.2) is 24.3 Å². The largest absolute Gasteiger partial charge is 0.489 e. The number of carbonyl (C=O) groups excluding carboxylic acids is 1. The molecule has 0 heterocycles. The summed E-state index contributed by atoms with van der Waals surface area (Å²) in [7, 11) is 0. The third-order valence-electron chi connectivity index (χ3n) is 4.26. The average Bonchev–Trinajstić information content (AvgIpc) is 2.49. The summed E-state index contributed by atoms with van der Waals surface area (Å²) in [5, 5.41) is 3.11. The van der Waals surface area contributed by atoms with Crippen LogP contribution in [0.3, 0.4) is 0 Å². The van der Waals surface area contributed by atoms with Gasteiger partial charge in [0, 0.05) is 12.1 Å². The van der Waals surface area contributed by atoms with E-state index < -0.39 is 0 Å². The zero-order valence-corrected chi connectivity index (χ0v) is 14.3. The maximum atomic E-state index is 12.1. The van der Waals surface area contributed by atoms with Crippen LogP contribution in [-0.2, 0) is 4.79 Å². The van der Waals surface area contributed by atoms with E-state index >= 15 is 0 Å². The highest BCUT2D eigenvalue weighted by Gasteiger charge is 2.21. The molecule has 3 N–H and O–H groups in total. The van der Waals surface area contributed by atoms with Crippen molar-refractivity contribution in [2.45, 2.75) is 58.6 Å². The van der Waals surface area contributed by atoms with Crippen molar-refractivity contribution in [1.82, 2.24) is 5.32 Å². The topological polar surface area (TPSA) is 64.3 Å². The smallest absolute Gasteiger partial charge is 0.244 e. The van der Waals surface area contributed by atoms with Gasteiger partial charge in [0.05, 0.1) is 11.8 Å². The van der Waals surface area contributed by atoms with Gasteiger partial charge in [-0.25, -0.2) is 0 Å². The number of nitrogen functional groups attached to an aromatic ring is 1. The molecule has 1 aliphatic rings. The number of anilines is 1. The normalized spacial score (nSPS) is 21.6. The molecule has 0 saturated heterocycles. The first-order chi connectivity index (χ1) is 11.0. The fourth-order valence-corrected chi connectivity index (χ4v) is 2.97. The number of nitrogens with one attached hydrogen (secondary N) is 1. The molecule has 2 unspecified atom stereocenters. The van der Waals surface area contributed by atoms with Crippen LogP contribution in [-0.4, -0.2) is 18.1 Å². The van der Waals surface area contributed by atoms with Gasteiger partial charge in [-0.2, -0.15) is 0 Å². The van der Waals surface area contributed by atoms with Crippen LogP contribution >= 0.6 is 0 Å². The predicted molar refractivity (Wildman–Crippen MR) is 95.2 cm³/mol. The summed E-state index contributed by atoms with van der Waals surface area (Å²) < 4.78 is 5.61. The molecule has 23 heavy (non-hydrogen) atoms. The molecule has 1 amide bonds. The van der Waals surface area contributed by atoms with E-state index in [0.29, 0.717) is 23.4 Å². The van der Waals surface area contributed by atoms with E-state index in [9.17, 15) is 4.79 Å². The molecule has 0 aliphatic heterocycles. The van der Waals surface area contributed by atoms with Crippen molar-refractivity contribution in [3.05, 3.63) is 29.8 Å². The van der Waals surface area contributed by atoms with Crippen LogP contribution in [0.25, 0.3) is 6.08 Å². The van der Waals surface area contributed by atoms with Crippen molar-refractivity contribution in [1.29, 1.82) is 0 Å². The Labute approximate surface area is 139 Å². The molecule has 0 spiro atoms. The quantitative estimate of drug-likeness (QED) is 0.642. The third-order valence-corrected chi connectivity index (χ3v) is 4.26. The maximum Gasteiger partial charge on any atom is 0.244 e. The number of ether oxygens (including phenoxy) is 1. The second kappa shape index (κ2) is 8.04. The molecule has 1 fully saturated rings. The molecule has 0 aromatic heterocycles. The number of amides is 1. The molecule has 1 saturated carbocycles. The van der Waals surface area contributed by atoms with Gasteiger partial charge in [0.1, 0.15) is 5.75 Å². The zero-order chi connectivity index (χ0) is 16.8. The average molecular weight is 316 g/mol. The van der Waals surface area contributed by atoms with Gasteiger partial charge in [-0.05, 0) is 56.4 Å². The lowest BCUT2D eigenvalue weighted by Gasteiger charge is -2.29. The van der Waals surface area contributed by atoms with Crippen LogP contribution in [0.1, 0.15) is 52.0 Å². The lowest BCUT2D eigenvalue weighted by Crippen LogP contribution is -2.40.